The molecule has 2 aromatic carbocycles. The molecule has 8 heteroatoms. The third-order valence-electron chi connectivity index (χ3n) is 3.07. The van der Waals surface area contributed by atoms with Crippen LogP contribution in [0.15, 0.2) is 53.4 Å². The number of thioether (sulfide) groups is 1. The van der Waals surface area contributed by atoms with Crippen molar-refractivity contribution in [3.05, 3.63) is 54.1 Å². The molecule has 0 radical (unpaired) electrons. The van der Waals surface area contributed by atoms with E-state index in [-0.39, 0.29) is 41.3 Å². The molecule has 0 aliphatic heterocycles. The summed E-state index contributed by atoms with van der Waals surface area (Å²) in [4.78, 5) is 12.0. The molecule has 0 saturated carbocycles. The van der Waals surface area contributed by atoms with E-state index in [9.17, 15) is 18.0 Å². The van der Waals surface area contributed by atoms with Crippen LogP contribution < -0.4 is 14.8 Å². The van der Waals surface area contributed by atoms with Crippen LogP contribution in [0.2, 0.25) is 0 Å². The van der Waals surface area contributed by atoms with Gasteiger partial charge in [-0.1, -0.05) is 0 Å². The molecule has 2 rings (SSSR count). The Kier molecular flexibility index (Phi) is 6.58. The van der Waals surface area contributed by atoms with E-state index in [1.54, 1.807) is 31.4 Å². The van der Waals surface area contributed by atoms with Crippen LogP contribution in [-0.2, 0) is 0 Å². The molecule has 0 unspecified atom stereocenters. The first kappa shape index (κ1) is 19.0. The van der Waals surface area contributed by atoms with E-state index in [2.05, 4.69) is 5.32 Å². The van der Waals surface area contributed by atoms with Crippen LogP contribution in [0.3, 0.4) is 0 Å². The molecule has 0 aliphatic carbocycles. The van der Waals surface area contributed by atoms with Gasteiger partial charge < -0.3 is 14.8 Å². The van der Waals surface area contributed by atoms with Crippen molar-refractivity contribution in [3.63, 3.8) is 0 Å². The summed E-state index contributed by atoms with van der Waals surface area (Å²) in [6.07, 6.45) is 0. The summed E-state index contributed by atoms with van der Waals surface area (Å²) in [5.41, 5.74) is -4.06. The highest BCUT2D eigenvalue weighted by Crippen LogP contribution is 2.36. The predicted octanol–water partition coefficient (Wildman–Crippen LogP) is 4.12. The number of rotatable bonds is 7. The van der Waals surface area contributed by atoms with Crippen molar-refractivity contribution in [2.24, 2.45) is 0 Å². The average Bonchev–Trinajstić information content (AvgIpc) is 2.58. The maximum absolute atomic E-state index is 12.3. The van der Waals surface area contributed by atoms with Gasteiger partial charge in [0.25, 0.3) is 5.91 Å². The van der Waals surface area contributed by atoms with E-state index < -0.39 is 5.51 Å². The molecule has 0 aliphatic rings. The lowest BCUT2D eigenvalue weighted by Gasteiger charge is -2.09. The normalized spacial score (nSPS) is 11.0. The maximum atomic E-state index is 12.3. The summed E-state index contributed by atoms with van der Waals surface area (Å²) >= 11 is -0.218. The number of benzene rings is 2. The monoisotopic (exact) mass is 371 g/mol. The smallest absolute Gasteiger partial charge is 0.446 e. The van der Waals surface area contributed by atoms with Crippen LogP contribution in [-0.4, -0.2) is 31.7 Å². The number of methoxy groups -OCH3 is 1. The number of amides is 1. The van der Waals surface area contributed by atoms with Crippen LogP contribution >= 0.6 is 11.8 Å². The minimum absolute atomic E-state index is 0.0342. The van der Waals surface area contributed by atoms with Crippen molar-refractivity contribution in [2.45, 2.75) is 10.4 Å². The topological polar surface area (TPSA) is 47.6 Å². The van der Waals surface area contributed by atoms with Gasteiger partial charge in [0.2, 0.25) is 0 Å². The summed E-state index contributed by atoms with van der Waals surface area (Å²) in [5.74, 6) is 0.984. The minimum atomic E-state index is -4.34. The Hall–Kier alpha value is -2.35. The van der Waals surface area contributed by atoms with Gasteiger partial charge >= 0.3 is 5.51 Å². The van der Waals surface area contributed by atoms with Gasteiger partial charge in [0.15, 0.2) is 0 Å². The number of carbonyl (C=O) groups excluding carboxylic acids is 1. The highest BCUT2D eigenvalue weighted by atomic mass is 32.2. The summed E-state index contributed by atoms with van der Waals surface area (Å²) < 4.78 is 47.3. The fourth-order valence-electron chi connectivity index (χ4n) is 1.92. The Morgan fingerprint density at radius 2 is 1.64 bits per heavy atom. The molecule has 134 valence electrons. The van der Waals surface area contributed by atoms with Gasteiger partial charge in [-0.25, -0.2) is 0 Å². The van der Waals surface area contributed by atoms with E-state index in [4.69, 9.17) is 9.47 Å². The molecular formula is C17H16F3NO3S. The van der Waals surface area contributed by atoms with Gasteiger partial charge in [-0.2, -0.15) is 13.2 Å². The standard InChI is InChI=1S/C17H16F3NO3S/c1-23-13-4-6-14(7-5-13)24-11-10-21-16(22)12-2-8-15(9-3-12)25-17(18,19)20/h2-9H,10-11H2,1H3,(H,21,22). The van der Waals surface area contributed by atoms with Crippen LogP contribution in [0.25, 0.3) is 0 Å². The van der Waals surface area contributed by atoms with Crippen molar-refractivity contribution in [3.8, 4) is 11.5 Å². The van der Waals surface area contributed by atoms with Gasteiger partial charge in [0.05, 0.1) is 13.7 Å². The Balaban J connectivity index is 1.76. The summed E-state index contributed by atoms with van der Waals surface area (Å²) in [7, 11) is 1.57. The highest BCUT2D eigenvalue weighted by Gasteiger charge is 2.29. The fraction of sp³-hybridized carbons (Fsp3) is 0.235. The molecule has 1 N–H and O–H groups in total. The number of hydrogen-bond donors (Lipinski definition) is 1. The molecule has 1 amide bonds. The molecule has 0 bridgehead atoms. The number of nitrogens with one attached hydrogen (secondary N) is 1. The van der Waals surface area contributed by atoms with Gasteiger partial charge in [-0.3, -0.25) is 4.79 Å². The molecule has 0 heterocycles. The van der Waals surface area contributed by atoms with Gasteiger partial charge in [-0.05, 0) is 60.3 Å². The third kappa shape index (κ3) is 6.58. The second kappa shape index (κ2) is 8.66. The van der Waals surface area contributed by atoms with Crippen LogP contribution in [0.1, 0.15) is 10.4 Å². The van der Waals surface area contributed by atoms with Gasteiger partial charge in [0.1, 0.15) is 18.1 Å². The molecule has 0 aromatic heterocycles. The molecule has 4 nitrogen and oxygen atoms in total. The number of carbonyl (C=O) groups is 1. The Morgan fingerprint density at radius 1 is 1.04 bits per heavy atom. The average molecular weight is 371 g/mol. The quantitative estimate of drug-likeness (QED) is 0.588. The van der Waals surface area contributed by atoms with Crippen molar-refractivity contribution in [1.82, 2.24) is 5.32 Å². The largest absolute Gasteiger partial charge is 0.497 e. The number of hydrogen-bond acceptors (Lipinski definition) is 4. The second-order valence-electron chi connectivity index (χ2n) is 4.85. The molecule has 0 atom stereocenters. The number of ether oxygens (including phenoxy) is 2. The third-order valence-corrected chi connectivity index (χ3v) is 3.81. The van der Waals surface area contributed by atoms with Crippen molar-refractivity contribution in [1.29, 1.82) is 0 Å². The lowest BCUT2D eigenvalue weighted by Crippen LogP contribution is -2.28. The second-order valence-corrected chi connectivity index (χ2v) is 5.99. The van der Waals surface area contributed by atoms with Crippen LogP contribution in [0.4, 0.5) is 13.2 Å². The van der Waals surface area contributed by atoms with Crippen molar-refractivity contribution in [2.75, 3.05) is 20.3 Å². The molecular weight excluding hydrogens is 355 g/mol. The number of halogens is 3. The lowest BCUT2D eigenvalue weighted by molar-refractivity contribution is -0.0328. The van der Waals surface area contributed by atoms with Gasteiger partial charge in [0, 0.05) is 10.5 Å². The first-order valence-electron chi connectivity index (χ1n) is 7.28. The predicted molar refractivity (Wildman–Crippen MR) is 89.2 cm³/mol. The molecule has 0 saturated heterocycles. The molecule has 2 aromatic rings. The Morgan fingerprint density at radius 3 is 2.20 bits per heavy atom. The SMILES string of the molecule is COc1ccc(OCCNC(=O)c2ccc(SC(F)(F)F)cc2)cc1. The summed E-state index contributed by atoms with van der Waals surface area (Å²) in [5, 5.41) is 2.64. The van der Waals surface area contributed by atoms with Crippen LogP contribution in [0.5, 0.6) is 11.5 Å². The van der Waals surface area contributed by atoms with Crippen molar-refractivity contribution < 1.29 is 27.4 Å². The molecule has 0 fully saturated rings. The molecule has 0 spiro atoms. The van der Waals surface area contributed by atoms with E-state index in [0.29, 0.717) is 11.5 Å². The zero-order valence-corrected chi connectivity index (χ0v) is 14.1. The first-order valence-corrected chi connectivity index (χ1v) is 8.10. The summed E-state index contributed by atoms with van der Waals surface area (Å²) in [6, 6.07) is 12.3. The zero-order valence-electron chi connectivity index (χ0n) is 13.3. The van der Waals surface area contributed by atoms with E-state index >= 15 is 0 Å². The zero-order chi connectivity index (χ0) is 18.3. The highest BCUT2D eigenvalue weighted by molar-refractivity contribution is 8.00. The minimum Gasteiger partial charge on any atom is -0.497 e. The maximum Gasteiger partial charge on any atom is 0.446 e. The summed E-state index contributed by atoms with van der Waals surface area (Å²) in [6.45, 7) is 0.532. The fourth-order valence-corrected chi connectivity index (χ4v) is 2.45. The van der Waals surface area contributed by atoms with Crippen molar-refractivity contribution >= 4 is 17.7 Å². The number of alkyl halides is 3. The lowest BCUT2D eigenvalue weighted by atomic mass is 10.2. The van der Waals surface area contributed by atoms with E-state index in [1.165, 1.54) is 24.3 Å². The van der Waals surface area contributed by atoms with E-state index in [0.717, 1.165) is 0 Å². The molecule has 25 heavy (non-hydrogen) atoms. The first-order chi connectivity index (χ1) is 11.9. The Labute approximate surface area is 147 Å². The van der Waals surface area contributed by atoms with E-state index in [1.807, 2.05) is 0 Å². The van der Waals surface area contributed by atoms with Gasteiger partial charge in [-0.15, -0.1) is 0 Å². The van der Waals surface area contributed by atoms with Crippen LogP contribution in [0, 0.1) is 0 Å². The Bertz CT molecular complexity index is 688.